The lowest BCUT2D eigenvalue weighted by molar-refractivity contribution is -0.294. The van der Waals surface area contributed by atoms with Gasteiger partial charge in [0.25, 0.3) is 0 Å². The minimum absolute atomic E-state index is 0.0561. The molecule has 37 heavy (non-hydrogen) atoms. The molecule has 0 radical (unpaired) electrons. The van der Waals surface area contributed by atoms with E-state index in [9.17, 15) is 35.7 Å². The van der Waals surface area contributed by atoms with Crippen LogP contribution in [0.3, 0.4) is 0 Å². The first-order valence-electron chi connectivity index (χ1n) is 14.9. The summed E-state index contributed by atoms with van der Waals surface area (Å²) in [7, 11) is 1.80. The molecular formula is C29H50O8. The number of aliphatic hydroxyl groups excluding tert-OH is 6. The second kappa shape index (κ2) is 10.9. The molecule has 7 N–H and O–H groups in total. The third kappa shape index (κ3) is 4.82. The van der Waals surface area contributed by atoms with Gasteiger partial charge in [-0.2, -0.15) is 0 Å². The first-order chi connectivity index (χ1) is 17.6. The van der Waals surface area contributed by atoms with Gasteiger partial charge in [0.15, 0.2) is 0 Å². The largest absolute Gasteiger partial charge is 0.393 e. The van der Waals surface area contributed by atoms with Crippen molar-refractivity contribution in [1.82, 2.24) is 0 Å². The van der Waals surface area contributed by atoms with Gasteiger partial charge in [-0.05, 0) is 87.9 Å². The van der Waals surface area contributed by atoms with Crippen molar-refractivity contribution in [2.75, 3.05) is 7.11 Å². The molecule has 8 nitrogen and oxygen atoms in total. The minimum atomic E-state index is -1.91. The molecule has 5 fully saturated rings. The van der Waals surface area contributed by atoms with Crippen molar-refractivity contribution in [2.24, 2.45) is 47.3 Å². The van der Waals surface area contributed by atoms with Crippen molar-refractivity contribution >= 4 is 0 Å². The number of methoxy groups -OCH3 is 1. The van der Waals surface area contributed by atoms with Gasteiger partial charge in [-0.1, -0.05) is 19.3 Å². The van der Waals surface area contributed by atoms with Crippen LogP contribution in [0, 0.1) is 47.3 Å². The minimum Gasteiger partial charge on any atom is -0.393 e. The van der Waals surface area contributed by atoms with E-state index in [0.717, 1.165) is 38.5 Å². The maximum Gasteiger partial charge on any atom is 0.120 e. The summed E-state index contributed by atoms with van der Waals surface area (Å²) < 4.78 is 5.62. The van der Waals surface area contributed by atoms with Gasteiger partial charge in [0.1, 0.15) is 5.60 Å². The average molecular weight is 527 g/mol. The molecule has 0 bridgehead atoms. The number of ether oxygens (including phenoxy) is 1. The third-order valence-electron chi connectivity index (χ3n) is 11.7. The van der Waals surface area contributed by atoms with Crippen LogP contribution in [0.4, 0.5) is 0 Å². The van der Waals surface area contributed by atoms with Crippen molar-refractivity contribution in [3.05, 3.63) is 0 Å². The van der Waals surface area contributed by atoms with Crippen LogP contribution in [0.1, 0.15) is 77.6 Å². The van der Waals surface area contributed by atoms with Crippen LogP contribution in [0.5, 0.6) is 0 Å². The highest BCUT2D eigenvalue weighted by Gasteiger charge is 2.66. The van der Waals surface area contributed by atoms with Gasteiger partial charge >= 0.3 is 0 Å². The highest BCUT2D eigenvalue weighted by atomic mass is 16.5. The Bertz CT molecular complexity index is 779. The average Bonchev–Trinajstić information content (AvgIpc) is 2.85. The maximum absolute atomic E-state index is 11.7. The molecule has 0 amide bonds. The van der Waals surface area contributed by atoms with Gasteiger partial charge in [-0.25, -0.2) is 0 Å². The van der Waals surface area contributed by atoms with E-state index in [4.69, 9.17) is 4.74 Å². The molecule has 14 unspecified atom stereocenters. The van der Waals surface area contributed by atoms with Gasteiger partial charge in [0, 0.05) is 24.9 Å². The van der Waals surface area contributed by atoms with E-state index < -0.39 is 60.0 Å². The van der Waals surface area contributed by atoms with Crippen LogP contribution in [0.15, 0.2) is 0 Å². The van der Waals surface area contributed by atoms with Gasteiger partial charge in [0.05, 0.1) is 42.7 Å². The SMILES string of the molecule is COC1CCCC(CCC2CCC(O)C3C(O)C4C(O)C5(O)C(O)C(C(C)O)C(O)C[C@@H]5C[C@@H]4CC23)C1. The van der Waals surface area contributed by atoms with Gasteiger partial charge < -0.3 is 40.5 Å². The second-order valence-corrected chi connectivity index (χ2v) is 13.5. The normalized spacial score (nSPS) is 55.1. The van der Waals surface area contributed by atoms with Gasteiger partial charge in [-0.3, -0.25) is 0 Å². The Morgan fingerprint density at radius 1 is 0.838 bits per heavy atom. The second-order valence-electron chi connectivity index (χ2n) is 13.5. The molecule has 214 valence electrons. The van der Waals surface area contributed by atoms with Crippen molar-refractivity contribution in [2.45, 2.75) is 126 Å². The third-order valence-corrected chi connectivity index (χ3v) is 11.7. The van der Waals surface area contributed by atoms with E-state index >= 15 is 0 Å². The standard InChI is InChI=1S/C29H50O8/c1-14(30)23-22(32)13-18-11-17-12-20-16(7-6-15-4-3-5-19(10-15)37-2)8-9-21(31)25(20)26(33)24(17)28(35)29(18,36)27(23)34/h14-28,30-36H,3-13H2,1-2H3/t14?,15?,16?,17-,18+,19?,20?,21?,22?,23?,24?,25?,26?,27?,28?,29?/m1/s1. The first kappa shape index (κ1) is 28.2. The van der Waals surface area contributed by atoms with Crippen LogP contribution in [0.25, 0.3) is 0 Å². The van der Waals surface area contributed by atoms with Gasteiger partial charge in [-0.15, -0.1) is 0 Å². The molecule has 0 spiro atoms. The van der Waals surface area contributed by atoms with E-state index in [1.54, 1.807) is 7.11 Å². The molecule has 8 heteroatoms. The lowest BCUT2D eigenvalue weighted by Crippen LogP contribution is -2.73. The monoisotopic (exact) mass is 526 g/mol. The smallest absolute Gasteiger partial charge is 0.120 e. The molecule has 0 aliphatic heterocycles. The zero-order valence-corrected chi connectivity index (χ0v) is 22.5. The summed E-state index contributed by atoms with van der Waals surface area (Å²) in [6.45, 7) is 1.47. The number of hydrogen-bond acceptors (Lipinski definition) is 8. The lowest BCUT2D eigenvalue weighted by Gasteiger charge is -2.62. The predicted molar refractivity (Wildman–Crippen MR) is 136 cm³/mol. The molecule has 0 aromatic rings. The van der Waals surface area contributed by atoms with Crippen molar-refractivity contribution in [1.29, 1.82) is 0 Å². The number of fused-ring (bicyclic) bond motifs is 3. The number of rotatable bonds is 5. The Kier molecular flexibility index (Phi) is 8.33. The Balaban J connectivity index is 1.33. The Labute approximate surface area is 221 Å². The zero-order chi connectivity index (χ0) is 26.6. The lowest BCUT2D eigenvalue weighted by atomic mass is 9.47. The first-order valence-corrected chi connectivity index (χ1v) is 14.9. The number of aliphatic hydroxyl groups is 7. The van der Waals surface area contributed by atoms with Crippen molar-refractivity contribution in [3.8, 4) is 0 Å². The van der Waals surface area contributed by atoms with E-state index in [2.05, 4.69) is 0 Å². The highest BCUT2D eigenvalue weighted by molar-refractivity contribution is 5.16. The molecule has 0 saturated heterocycles. The van der Waals surface area contributed by atoms with Crippen LogP contribution >= 0.6 is 0 Å². The molecule has 5 aliphatic carbocycles. The summed E-state index contributed by atoms with van der Waals surface area (Å²) in [4.78, 5) is 0. The predicted octanol–water partition coefficient (Wildman–Crippen LogP) is 1.21. The molecule has 5 saturated carbocycles. The van der Waals surface area contributed by atoms with Crippen LogP contribution in [0.2, 0.25) is 0 Å². The van der Waals surface area contributed by atoms with E-state index in [1.165, 1.54) is 19.8 Å². The Morgan fingerprint density at radius 2 is 1.59 bits per heavy atom. The summed E-state index contributed by atoms with van der Waals surface area (Å²) in [6, 6.07) is 0. The van der Waals surface area contributed by atoms with Crippen molar-refractivity contribution < 1.29 is 40.5 Å². The fourth-order valence-electron chi connectivity index (χ4n) is 9.85. The molecule has 16 atom stereocenters. The van der Waals surface area contributed by atoms with Crippen LogP contribution in [-0.4, -0.2) is 91.2 Å². The summed E-state index contributed by atoms with van der Waals surface area (Å²) in [6.07, 6.45) is 3.76. The van der Waals surface area contributed by atoms with Crippen molar-refractivity contribution in [3.63, 3.8) is 0 Å². The van der Waals surface area contributed by atoms with E-state index in [0.29, 0.717) is 30.8 Å². The van der Waals surface area contributed by atoms with E-state index in [-0.39, 0.29) is 24.2 Å². The molecular weight excluding hydrogens is 476 g/mol. The topological polar surface area (TPSA) is 151 Å². The summed E-state index contributed by atoms with van der Waals surface area (Å²) in [5, 5.41) is 77.8. The molecule has 0 heterocycles. The molecule has 5 rings (SSSR count). The highest BCUT2D eigenvalue weighted by Crippen LogP contribution is 2.58. The van der Waals surface area contributed by atoms with Crippen LogP contribution < -0.4 is 0 Å². The Morgan fingerprint density at radius 3 is 2.30 bits per heavy atom. The Hall–Kier alpha value is -0.320. The summed E-state index contributed by atoms with van der Waals surface area (Å²) in [5.74, 6) is -1.34. The van der Waals surface area contributed by atoms with E-state index in [1.807, 2.05) is 0 Å². The number of hydrogen-bond donors (Lipinski definition) is 7. The molecule has 5 aliphatic rings. The van der Waals surface area contributed by atoms with Gasteiger partial charge in [0.2, 0.25) is 0 Å². The fourth-order valence-corrected chi connectivity index (χ4v) is 9.85. The summed E-state index contributed by atoms with van der Waals surface area (Å²) >= 11 is 0. The maximum atomic E-state index is 11.7. The summed E-state index contributed by atoms with van der Waals surface area (Å²) in [5.41, 5.74) is -1.91. The van der Waals surface area contributed by atoms with Crippen LogP contribution in [-0.2, 0) is 4.74 Å². The molecule has 0 aromatic heterocycles. The zero-order valence-electron chi connectivity index (χ0n) is 22.5. The molecule has 0 aromatic carbocycles. The fraction of sp³-hybridized carbons (Fsp3) is 1.00. The quantitative estimate of drug-likeness (QED) is 0.282.